The third kappa shape index (κ3) is 6.20. The third-order valence-corrected chi connectivity index (χ3v) is 10.4. The summed E-state index contributed by atoms with van der Waals surface area (Å²) in [5, 5.41) is 0. The van der Waals surface area contributed by atoms with Gasteiger partial charge in [-0.1, -0.05) is 122 Å². The van der Waals surface area contributed by atoms with Crippen LogP contribution < -0.4 is 9.64 Å². The fourth-order valence-corrected chi connectivity index (χ4v) is 7.52. The van der Waals surface area contributed by atoms with E-state index in [1.165, 1.54) is 33.4 Å². The van der Waals surface area contributed by atoms with Crippen LogP contribution in [0.3, 0.4) is 0 Å². The smallest absolute Gasteiger partial charge is 0.514 e. The minimum absolute atomic E-state index is 0. The Morgan fingerprint density at radius 2 is 1.61 bits per heavy atom. The van der Waals surface area contributed by atoms with E-state index in [1.807, 2.05) is 18.3 Å². The first kappa shape index (κ1) is 35.1. The molecule has 4 heterocycles. The summed E-state index contributed by atoms with van der Waals surface area (Å²) in [6, 6.07) is 28.8. The van der Waals surface area contributed by atoms with Crippen LogP contribution in [0.25, 0.3) is 0 Å². The van der Waals surface area contributed by atoms with Crippen LogP contribution in [0.4, 0.5) is 17.2 Å². The minimum Gasteiger partial charge on any atom is -0.514 e. The van der Waals surface area contributed by atoms with Crippen molar-refractivity contribution in [3.63, 3.8) is 0 Å². The molecule has 51 heavy (non-hydrogen) atoms. The second kappa shape index (κ2) is 12.4. The first-order valence-electron chi connectivity index (χ1n) is 17.5. The summed E-state index contributed by atoms with van der Waals surface area (Å²) in [6.45, 7) is 20.2. The molecule has 5 aromatic rings. The van der Waals surface area contributed by atoms with E-state index < -0.39 is 0 Å². The first-order valence-corrected chi connectivity index (χ1v) is 17.5. The van der Waals surface area contributed by atoms with Gasteiger partial charge in [0.15, 0.2) is 0 Å². The van der Waals surface area contributed by atoms with Gasteiger partial charge in [0, 0.05) is 35.0 Å². The zero-order valence-corrected chi connectivity index (χ0v) is 33.1. The molecule has 0 saturated carbocycles. The van der Waals surface area contributed by atoms with Gasteiger partial charge in [0.1, 0.15) is 23.9 Å². The van der Waals surface area contributed by atoms with Crippen LogP contribution in [-0.2, 0) is 48.5 Å². The quantitative estimate of drug-likeness (QED) is 0.169. The zero-order chi connectivity index (χ0) is 35.2. The number of aryl methyl sites for hydroxylation is 1. The van der Waals surface area contributed by atoms with Crippen molar-refractivity contribution in [2.24, 2.45) is 4.99 Å². The Labute approximate surface area is 316 Å². The predicted molar refractivity (Wildman–Crippen MR) is 199 cm³/mol. The van der Waals surface area contributed by atoms with Gasteiger partial charge in [0.25, 0.3) is 0 Å². The number of anilines is 3. The molecule has 0 saturated heterocycles. The summed E-state index contributed by atoms with van der Waals surface area (Å²) in [5.41, 5.74) is 11.2. The summed E-state index contributed by atoms with van der Waals surface area (Å²) < 4.78 is 12.9. The topological polar surface area (TPSA) is 59.8 Å². The van der Waals surface area contributed by atoms with Crippen molar-refractivity contribution in [3.8, 4) is 11.5 Å². The third-order valence-electron chi connectivity index (χ3n) is 10.4. The fraction of sp³-hybridized carbons (Fsp3) is 0.341. The Kier molecular flexibility index (Phi) is 8.57. The van der Waals surface area contributed by atoms with Crippen LogP contribution in [-0.4, -0.2) is 22.0 Å². The predicted octanol–water partition coefficient (Wildman–Crippen LogP) is 10.3. The van der Waals surface area contributed by atoms with Crippen LogP contribution >= 0.6 is 0 Å². The molecule has 0 unspecified atom stereocenters. The van der Waals surface area contributed by atoms with E-state index in [9.17, 15) is 0 Å². The molecule has 6 nitrogen and oxygen atoms in total. The molecule has 0 radical (unpaired) electrons. The molecular formula is C44H44N4O2Pt. The Bertz CT molecular complexity index is 2190. The molecule has 0 spiro atoms. The molecule has 8 rings (SSSR count). The fourth-order valence-electron chi connectivity index (χ4n) is 7.52. The number of hydrogen-bond acceptors (Lipinski definition) is 6. The first-order chi connectivity index (χ1) is 23.7. The van der Waals surface area contributed by atoms with Crippen molar-refractivity contribution in [1.29, 1.82) is 0 Å². The molecule has 2 aromatic heterocycles. The molecule has 2 atom stereocenters. The zero-order valence-electron chi connectivity index (χ0n) is 30.8. The molecule has 1 aliphatic carbocycles. The van der Waals surface area contributed by atoms with Crippen LogP contribution in [0.2, 0.25) is 0 Å². The summed E-state index contributed by atoms with van der Waals surface area (Å²) >= 11 is 0. The van der Waals surface area contributed by atoms with Crippen molar-refractivity contribution in [2.45, 2.75) is 97.1 Å². The Morgan fingerprint density at radius 3 is 2.37 bits per heavy atom. The van der Waals surface area contributed by atoms with Gasteiger partial charge in [-0.15, -0.1) is 18.2 Å². The molecule has 0 fully saturated rings. The average Bonchev–Trinajstić information content (AvgIpc) is 3.62. The molecule has 0 N–H and O–H groups in total. The molecule has 0 bridgehead atoms. The van der Waals surface area contributed by atoms with Gasteiger partial charge in [0.05, 0.1) is 5.75 Å². The van der Waals surface area contributed by atoms with E-state index in [-0.39, 0.29) is 49.5 Å². The van der Waals surface area contributed by atoms with E-state index in [0.29, 0.717) is 23.0 Å². The number of fused-ring (bicyclic) bond motifs is 5. The maximum atomic E-state index is 6.44. The Balaban J connectivity index is 0.00000406. The summed E-state index contributed by atoms with van der Waals surface area (Å²) in [7, 11) is 0. The van der Waals surface area contributed by atoms with Gasteiger partial charge in [-0.05, 0) is 57.0 Å². The maximum Gasteiger partial charge on any atom is 2.00 e. The molecular weight excluding hydrogens is 812 g/mol. The number of hydrogen-bond donors (Lipinski definition) is 0. The van der Waals surface area contributed by atoms with Crippen molar-refractivity contribution in [2.75, 3.05) is 4.90 Å². The average molecular weight is 856 g/mol. The Hall–Kier alpha value is -4.28. The monoisotopic (exact) mass is 855 g/mol. The van der Waals surface area contributed by atoms with E-state index in [0.717, 1.165) is 29.2 Å². The number of benzene rings is 3. The number of rotatable bonds is 4. The van der Waals surface area contributed by atoms with Gasteiger partial charge in [-0.25, -0.2) is 4.98 Å². The van der Waals surface area contributed by atoms with Gasteiger partial charge in [0.2, 0.25) is 0 Å². The maximum absolute atomic E-state index is 6.44. The number of ether oxygens (including phenoxy) is 2. The molecule has 2 aliphatic heterocycles. The summed E-state index contributed by atoms with van der Waals surface area (Å²) in [6.07, 6.45) is 6.09. The molecule has 3 aromatic carbocycles. The van der Waals surface area contributed by atoms with Gasteiger partial charge < -0.3 is 19.4 Å². The number of nitrogens with zero attached hydrogens (tertiary/aromatic N) is 4. The van der Waals surface area contributed by atoms with Crippen molar-refractivity contribution in [1.82, 2.24) is 9.97 Å². The van der Waals surface area contributed by atoms with Gasteiger partial charge >= 0.3 is 21.1 Å². The molecule has 262 valence electrons. The number of aromatic nitrogens is 2. The number of pyridine rings is 2. The Morgan fingerprint density at radius 1 is 0.863 bits per heavy atom. The standard InChI is InChI=1S/C44H44N4O2.Pt/c1-26-17-31(48-37-15-13-30(43(5,6)7)22-36(37)44(8,9)35-11-10-16-46-40(35)48)23-32(18-26)49-33-20-28(24-45-25-33)41-47-39-34-14-12-29(42(2,3)4)19-27(34)21-38(39)50-41;/h10-19,22,24-25,38-39H,21H2,1-9H3;/q-2;+2/t38-,39+;/m0./s1. The van der Waals surface area contributed by atoms with E-state index >= 15 is 0 Å². The summed E-state index contributed by atoms with van der Waals surface area (Å²) in [5.74, 6) is 2.50. The normalized spacial score (nSPS) is 18.5. The second-order valence-electron chi connectivity index (χ2n) is 16.5. The van der Waals surface area contributed by atoms with Gasteiger partial charge in [-0.2, -0.15) is 5.56 Å². The largest absolute Gasteiger partial charge is 2.00 e. The SMILES string of the molecule is Cc1cc(Oc2[c-]c(C3=N[C@@H]4c5ccc(C(C)(C)C)cc5C[C@@H]4O3)cnc2)[c-]c(N2c3ccc(C(C)(C)C)cc3C(C)(C)c3cccnc32)c1.[Pt+2]. The molecule has 0 amide bonds. The van der Waals surface area contributed by atoms with Crippen LogP contribution in [0.15, 0.2) is 84.2 Å². The van der Waals surface area contributed by atoms with Crippen molar-refractivity contribution >= 4 is 23.1 Å². The number of aliphatic imine (C=N–C) groups is 1. The van der Waals surface area contributed by atoms with E-state index in [1.54, 1.807) is 12.4 Å². The van der Waals surface area contributed by atoms with E-state index in [2.05, 4.69) is 133 Å². The van der Waals surface area contributed by atoms with Crippen LogP contribution in [0.5, 0.6) is 11.5 Å². The van der Waals surface area contributed by atoms with Gasteiger partial charge in [-0.3, -0.25) is 4.99 Å². The molecule has 3 aliphatic rings. The van der Waals surface area contributed by atoms with Crippen LogP contribution in [0, 0.1) is 19.1 Å². The summed E-state index contributed by atoms with van der Waals surface area (Å²) in [4.78, 5) is 16.6. The molecule has 7 heteroatoms. The van der Waals surface area contributed by atoms with Crippen molar-refractivity contribution in [3.05, 3.63) is 136 Å². The second-order valence-corrected chi connectivity index (χ2v) is 16.5. The van der Waals surface area contributed by atoms with E-state index in [4.69, 9.17) is 19.5 Å². The van der Waals surface area contributed by atoms with Crippen molar-refractivity contribution < 1.29 is 30.5 Å². The van der Waals surface area contributed by atoms with Crippen LogP contribution in [0.1, 0.15) is 106 Å². The minimum atomic E-state index is -0.234.